The van der Waals surface area contributed by atoms with Gasteiger partial charge >= 0.3 is 0 Å². The van der Waals surface area contributed by atoms with Crippen LogP contribution in [0, 0.1) is 13.8 Å². The lowest BCUT2D eigenvalue weighted by molar-refractivity contribution is 0.240. The average molecular weight is 338 g/mol. The Balaban J connectivity index is 1.92. The van der Waals surface area contributed by atoms with Gasteiger partial charge in [-0.1, -0.05) is 11.6 Å². The Morgan fingerprint density at radius 2 is 1.87 bits per heavy atom. The van der Waals surface area contributed by atoms with Crippen LogP contribution in [0.5, 0.6) is 5.88 Å². The second kappa shape index (κ2) is 6.17. The van der Waals surface area contributed by atoms with Crippen LogP contribution in [0.4, 0.5) is 0 Å². The van der Waals surface area contributed by atoms with Crippen molar-refractivity contribution >= 4 is 11.6 Å². The summed E-state index contributed by atoms with van der Waals surface area (Å²) in [7, 11) is 5.52. The lowest BCUT2D eigenvalue weighted by Gasteiger charge is -2.25. The largest absolute Gasteiger partial charge is 0.481 e. The Labute approximate surface area is 142 Å². The third-order valence-electron chi connectivity index (χ3n) is 4.74. The number of methoxy groups -OCH3 is 1. The van der Waals surface area contributed by atoms with Crippen LogP contribution in [0.2, 0.25) is 5.15 Å². The molecule has 1 aliphatic rings. The summed E-state index contributed by atoms with van der Waals surface area (Å²) in [5, 5.41) is 9.68. The maximum atomic E-state index is 6.41. The summed E-state index contributed by atoms with van der Waals surface area (Å²) >= 11 is 6.41. The van der Waals surface area contributed by atoms with Crippen LogP contribution in [-0.2, 0) is 20.6 Å². The fraction of sp³-hybridized carbons (Fsp3) is 0.625. The number of likely N-dealkylation sites (tertiary alicyclic amines) is 1. The predicted octanol–water partition coefficient (Wildman–Crippen LogP) is 2.77. The van der Waals surface area contributed by atoms with Crippen molar-refractivity contribution in [3.8, 4) is 5.88 Å². The minimum absolute atomic E-state index is 0.314. The first-order valence-corrected chi connectivity index (χ1v) is 8.31. The quantitative estimate of drug-likeness (QED) is 0.860. The van der Waals surface area contributed by atoms with Crippen molar-refractivity contribution in [3.05, 3.63) is 27.7 Å². The average Bonchev–Trinajstić information content (AvgIpc) is 3.12. The van der Waals surface area contributed by atoms with Gasteiger partial charge in [0.25, 0.3) is 0 Å². The molecule has 23 heavy (non-hydrogen) atoms. The molecule has 2 aromatic heterocycles. The number of nitrogens with zero attached hydrogens (tertiary/aromatic N) is 5. The van der Waals surface area contributed by atoms with Crippen molar-refractivity contribution < 1.29 is 4.74 Å². The van der Waals surface area contributed by atoms with Gasteiger partial charge in [-0.2, -0.15) is 10.2 Å². The number of hydrogen-bond acceptors (Lipinski definition) is 4. The first-order valence-electron chi connectivity index (χ1n) is 7.93. The third-order valence-corrected chi connectivity index (χ3v) is 5.21. The van der Waals surface area contributed by atoms with E-state index in [1.807, 2.05) is 25.7 Å². The summed E-state index contributed by atoms with van der Waals surface area (Å²) in [4.78, 5) is 2.46. The van der Waals surface area contributed by atoms with E-state index in [0.29, 0.717) is 6.04 Å². The zero-order chi connectivity index (χ0) is 16.7. The van der Waals surface area contributed by atoms with Crippen molar-refractivity contribution in [2.75, 3.05) is 13.7 Å². The molecule has 0 saturated carbocycles. The first-order chi connectivity index (χ1) is 10.9. The molecule has 126 valence electrons. The lowest BCUT2D eigenvalue weighted by atomic mass is 10.0. The summed E-state index contributed by atoms with van der Waals surface area (Å²) in [5.74, 6) is 0.855. The predicted molar refractivity (Wildman–Crippen MR) is 89.8 cm³/mol. The number of aryl methyl sites for hydroxylation is 4. The molecule has 1 aliphatic heterocycles. The van der Waals surface area contributed by atoms with Gasteiger partial charge in [0, 0.05) is 32.2 Å². The summed E-state index contributed by atoms with van der Waals surface area (Å²) in [6.45, 7) is 5.92. The molecule has 2 aromatic rings. The highest BCUT2D eigenvalue weighted by molar-refractivity contribution is 6.30. The Kier molecular flexibility index (Phi) is 4.38. The van der Waals surface area contributed by atoms with Gasteiger partial charge in [0.15, 0.2) is 0 Å². The third kappa shape index (κ3) is 2.74. The van der Waals surface area contributed by atoms with Crippen molar-refractivity contribution in [1.82, 2.24) is 24.5 Å². The molecule has 1 saturated heterocycles. The van der Waals surface area contributed by atoms with Crippen molar-refractivity contribution in [2.45, 2.75) is 39.3 Å². The fourth-order valence-electron chi connectivity index (χ4n) is 3.68. The Hall–Kier alpha value is -1.53. The fourth-order valence-corrected chi connectivity index (χ4v) is 3.91. The van der Waals surface area contributed by atoms with Gasteiger partial charge < -0.3 is 4.74 Å². The normalized spacial score (nSPS) is 18.8. The van der Waals surface area contributed by atoms with Crippen LogP contribution >= 0.6 is 11.6 Å². The lowest BCUT2D eigenvalue weighted by Crippen LogP contribution is -2.23. The molecule has 0 bridgehead atoms. The number of hydrogen-bond donors (Lipinski definition) is 0. The molecule has 0 aromatic carbocycles. The van der Waals surface area contributed by atoms with Crippen LogP contribution < -0.4 is 4.74 Å². The maximum absolute atomic E-state index is 6.41. The van der Waals surface area contributed by atoms with E-state index in [1.165, 1.54) is 12.0 Å². The molecular weight excluding hydrogens is 314 g/mol. The number of aromatic nitrogens is 4. The monoisotopic (exact) mass is 337 g/mol. The van der Waals surface area contributed by atoms with Gasteiger partial charge in [-0.15, -0.1) is 0 Å². The minimum Gasteiger partial charge on any atom is -0.481 e. The standard InChI is InChI=1S/C16H24ClN5O/c1-10-12(15(17)20(3)18-10)9-22-8-6-7-13(22)14-11(2)19-21(4)16(14)23-5/h13H,6-9H2,1-5H3. The second-order valence-electron chi connectivity index (χ2n) is 6.24. The molecular formula is C16H24ClN5O. The highest BCUT2D eigenvalue weighted by atomic mass is 35.5. The number of halogens is 1. The van der Waals surface area contributed by atoms with E-state index in [9.17, 15) is 0 Å². The number of rotatable bonds is 4. The van der Waals surface area contributed by atoms with Gasteiger partial charge in [0.05, 0.1) is 24.1 Å². The highest BCUT2D eigenvalue weighted by Gasteiger charge is 2.33. The highest BCUT2D eigenvalue weighted by Crippen LogP contribution is 2.40. The van der Waals surface area contributed by atoms with E-state index in [2.05, 4.69) is 22.0 Å². The molecule has 0 radical (unpaired) electrons. The van der Waals surface area contributed by atoms with E-state index >= 15 is 0 Å². The van der Waals surface area contributed by atoms with E-state index in [4.69, 9.17) is 16.3 Å². The summed E-state index contributed by atoms with van der Waals surface area (Å²) < 4.78 is 9.16. The molecule has 0 aliphatic carbocycles. The summed E-state index contributed by atoms with van der Waals surface area (Å²) in [6.07, 6.45) is 2.28. The smallest absolute Gasteiger partial charge is 0.216 e. The van der Waals surface area contributed by atoms with Gasteiger partial charge in [-0.3, -0.25) is 9.58 Å². The summed E-state index contributed by atoms with van der Waals surface area (Å²) in [5.41, 5.74) is 4.35. The van der Waals surface area contributed by atoms with E-state index in [1.54, 1.807) is 11.8 Å². The molecule has 0 spiro atoms. The van der Waals surface area contributed by atoms with Gasteiger partial charge in [-0.05, 0) is 33.2 Å². The van der Waals surface area contributed by atoms with E-state index < -0.39 is 0 Å². The van der Waals surface area contributed by atoms with Gasteiger partial charge in [0.2, 0.25) is 5.88 Å². The van der Waals surface area contributed by atoms with Crippen LogP contribution in [0.15, 0.2) is 0 Å². The Morgan fingerprint density at radius 3 is 2.48 bits per heavy atom. The van der Waals surface area contributed by atoms with Crippen molar-refractivity contribution in [2.24, 2.45) is 14.1 Å². The molecule has 6 nitrogen and oxygen atoms in total. The molecule has 1 fully saturated rings. The second-order valence-corrected chi connectivity index (χ2v) is 6.60. The van der Waals surface area contributed by atoms with Crippen molar-refractivity contribution in [3.63, 3.8) is 0 Å². The zero-order valence-electron chi connectivity index (χ0n) is 14.4. The van der Waals surface area contributed by atoms with Crippen LogP contribution in [0.1, 0.15) is 41.4 Å². The van der Waals surface area contributed by atoms with Crippen LogP contribution in [-0.4, -0.2) is 38.1 Å². The van der Waals surface area contributed by atoms with Gasteiger partial charge in [-0.25, -0.2) is 4.68 Å². The minimum atomic E-state index is 0.314. The zero-order valence-corrected chi connectivity index (χ0v) is 15.2. The molecule has 3 rings (SSSR count). The van der Waals surface area contributed by atoms with Crippen LogP contribution in [0.3, 0.4) is 0 Å². The van der Waals surface area contributed by atoms with Crippen molar-refractivity contribution in [1.29, 1.82) is 0 Å². The topological polar surface area (TPSA) is 48.1 Å². The van der Waals surface area contributed by atoms with E-state index in [-0.39, 0.29) is 0 Å². The molecule has 1 unspecified atom stereocenters. The SMILES string of the molecule is COc1c(C2CCCN2Cc2c(C)nn(C)c2Cl)c(C)nn1C. The molecule has 7 heteroatoms. The number of ether oxygens (including phenoxy) is 1. The summed E-state index contributed by atoms with van der Waals surface area (Å²) in [6, 6.07) is 0.314. The van der Waals surface area contributed by atoms with Crippen LogP contribution in [0.25, 0.3) is 0 Å². The Bertz CT molecular complexity index is 721. The molecule has 3 heterocycles. The Morgan fingerprint density at radius 1 is 1.17 bits per heavy atom. The first kappa shape index (κ1) is 16.3. The maximum Gasteiger partial charge on any atom is 0.216 e. The van der Waals surface area contributed by atoms with Gasteiger partial charge in [0.1, 0.15) is 5.15 Å². The van der Waals surface area contributed by atoms with E-state index in [0.717, 1.165) is 47.5 Å². The molecule has 1 atom stereocenters. The molecule has 0 N–H and O–H groups in total. The molecule has 0 amide bonds.